The van der Waals surface area contributed by atoms with Gasteiger partial charge in [0.1, 0.15) is 5.75 Å². The molecule has 0 amide bonds. The van der Waals surface area contributed by atoms with Crippen molar-refractivity contribution in [2.24, 2.45) is 16.3 Å². The van der Waals surface area contributed by atoms with Gasteiger partial charge in [-0.15, -0.1) is 0 Å². The Morgan fingerprint density at radius 1 is 1.32 bits per heavy atom. The molecule has 2 saturated carbocycles. The predicted octanol–water partition coefficient (Wildman–Crippen LogP) is 3.44. The van der Waals surface area contributed by atoms with Gasteiger partial charge in [-0.2, -0.15) is 0 Å². The molecule has 3 fully saturated rings. The summed E-state index contributed by atoms with van der Waals surface area (Å²) in [5.74, 6) is 2.35. The van der Waals surface area contributed by atoms with Crippen molar-refractivity contribution in [2.75, 3.05) is 38.8 Å². The van der Waals surface area contributed by atoms with E-state index in [1.807, 2.05) is 18.2 Å². The summed E-state index contributed by atoms with van der Waals surface area (Å²) in [5.41, 5.74) is 1.33. The lowest BCUT2D eigenvalue weighted by Gasteiger charge is -2.63. The molecule has 1 spiro atoms. The Kier molecular flexibility index (Phi) is 6.07. The van der Waals surface area contributed by atoms with E-state index >= 15 is 0 Å². The lowest BCUT2D eigenvalue weighted by molar-refractivity contribution is -0.171. The topological polar surface area (TPSA) is 64.1 Å². The Labute approximate surface area is 168 Å². The number of aliphatic imine (C=N–C) groups is 1. The summed E-state index contributed by atoms with van der Waals surface area (Å²) in [4.78, 5) is 4.69. The molecule has 6 heteroatoms. The van der Waals surface area contributed by atoms with Crippen molar-refractivity contribution < 1.29 is 14.2 Å². The van der Waals surface area contributed by atoms with Gasteiger partial charge in [0.05, 0.1) is 12.7 Å². The Balaban J connectivity index is 1.38. The molecule has 28 heavy (non-hydrogen) atoms. The van der Waals surface area contributed by atoms with E-state index in [1.54, 1.807) is 7.11 Å². The zero-order chi connectivity index (χ0) is 19.4. The third-order valence-corrected chi connectivity index (χ3v) is 6.50. The molecule has 0 radical (unpaired) electrons. The molecule has 1 aliphatic heterocycles. The summed E-state index contributed by atoms with van der Waals surface area (Å²) >= 11 is 0. The van der Waals surface area contributed by atoms with Gasteiger partial charge in [-0.3, -0.25) is 4.99 Å². The molecule has 2 N–H and O–H groups in total. The summed E-state index contributed by atoms with van der Waals surface area (Å²) in [5, 5.41) is 7.23. The van der Waals surface area contributed by atoms with Crippen LogP contribution in [-0.2, 0) is 9.47 Å². The summed E-state index contributed by atoms with van der Waals surface area (Å²) in [6.07, 6.45) is 6.37. The maximum atomic E-state index is 6.04. The zero-order valence-corrected chi connectivity index (χ0v) is 17.1. The first-order valence-electron chi connectivity index (χ1n) is 10.7. The number of rotatable bonds is 8. The fourth-order valence-corrected chi connectivity index (χ4v) is 5.08. The van der Waals surface area contributed by atoms with Crippen LogP contribution in [-0.4, -0.2) is 51.6 Å². The van der Waals surface area contributed by atoms with Crippen molar-refractivity contribution in [3.63, 3.8) is 0 Å². The SMILES string of the molecule is CCN=C(Nc1cccc(OCCCOC)c1)NC1C2CCOC2C12CCC2. The Morgan fingerprint density at radius 2 is 2.21 bits per heavy atom. The largest absolute Gasteiger partial charge is 0.493 e. The molecular weight excluding hydrogens is 354 g/mol. The van der Waals surface area contributed by atoms with Crippen molar-refractivity contribution in [1.29, 1.82) is 0 Å². The molecule has 1 aromatic carbocycles. The van der Waals surface area contributed by atoms with Crippen LogP contribution in [0.15, 0.2) is 29.3 Å². The third-order valence-electron chi connectivity index (χ3n) is 6.50. The van der Waals surface area contributed by atoms with E-state index in [4.69, 9.17) is 19.2 Å². The first-order valence-corrected chi connectivity index (χ1v) is 10.7. The number of nitrogens with zero attached hydrogens (tertiary/aromatic N) is 1. The van der Waals surface area contributed by atoms with Gasteiger partial charge in [-0.1, -0.05) is 12.5 Å². The van der Waals surface area contributed by atoms with E-state index < -0.39 is 0 Å². The number of anilines is 1. The van der Waals surface area contributed by atoms with E-state index in [0.717, 1.165) is 43.4 Å². The molecule has 0 aromatic heterocycles. The highest BCUT2D eigenvalue weighted by Crippen LogP contribution is 2.62. The minimum Gasteiger partial charge on any atom is -0.493 e. The van der Waals surface area contributed by atoms with E-state index in [0.29, 0.717) is 36.7 Å². The Bertz CT molecular complexity index is 689. The smallest absolute Gasteiger partial charge is 0.196 e. The second kappa shape index (κ2) is 8.70. The lowest BCUT2D eigenvalue weighted by Crippen LogP contribution is -2.72. The van der Waals surface area contributed by atoms with Crippen LogP contribution in [0.2, 0.25) is 0 Å². The van der Waals surface area contributed by atoms with Gasteiger partial charge in [0.15, 0.2) is 5.96 Å². The van der Waals surface area contributed by atoms with Gasteiger partial charge in [0.25, 0.3) is 0 Å². The molecule has 3 aliphatic rings. The molecule has 154 valence electrons. The van der Waals surface area contributed by atoms with Crippen LogP contribution in [0.5, 0.6) is 5.75 Å². The van der Waals surface area contributed by atoms with Gasteiger partial charge < -0.3 is 24.8 Å². The number of methoxy groups -OCH3 is 1. The average molecular weight is 388 g/mol. The van der Waals surface area contributed by atoms with Crippen LogP contribution in [0.25, 0.3) is 0 Å². The van der Waals surface area contributed by atoms with Crippen molar-refractivity contribution in [3.05, 3.63) is 24.3 Å². The maximum absolute atomic E-state index is 6.04. The molecule has 2 aliphatic carbocycles. The molecule has 1 aromatic rings. The molecule has 3 atom stereocenters. The molecule has 1 heterocycles. The highest BCUT2D eigenvalue weighted by Gasteiger charge is 2.66. The highest BCUT2D eigenvalue weighted by molar-refractivity contribution is 5.94. The van der Waals surface area contributed by atoms with Crippen molar-refractivity contribution in [2.45, 2.75) is 51.2 Å². The van der Waals surface area contributed by atoms with Crippen molar-refractivity contribution >= 4 is 11.6 Å². The van der Waals surface area contributed by atoms with Crippen molar-refractivity contribution in [3.8, 4) is 5.75 Å². The first-order chi connectivity index (χ1) is 13.8. The monoisotopic (exact) mass is 387 g/mol. The van der Waals surface area contributed by atoms with Gasteiger partial charge in [0, 0.05) is 62.4 Å². The van der Waals surface area contributed by atoms with Crippen LogP contribution >= 0.6 is 0 Å². The van der Waals surface area contributed by atoms with E-state index in [-0.39, 0.29) is 0 Å². The van der Waals surface area contributed by atoms with Crippen molar-refractivity contribution in [1.82, 2.24) is 5.32 Å². The number of fused-ring (bicyclic) bond motifs is 2. The summed E-state index contributed by atoms with van der Waals surface area (Å²) in [7, 11) is 1.71. The summed E-state index contributed by atoms with van der Waals surface area (Å²) in [6.45, 7) is 5.08. The van der Waals surface area contributed by atoms with E-state index in [2.05, 4.69) is 23.6 Å². The van der Waals surface area contributed by atoms with Crippen LogP contribution in [0.1, 0.15) is 39.0 Å². The average Bonchev–Trinajstić information content (AvgIpc) is 3.07. The second-order valence-corrected chi connectivity index (χ2v) is 8.12. The lowest BCUT2D eigenvalue weighted by atomic mass is 9.46. The molecular formula is C22H33N3O3. The van der Waals surface area contributed by atoms with Crippen LogP contribution in [0.3, 0.4) is 0 Å². The van der Waals surface area contributed by atoms with Gasteiger partial charge >= 0.3 is 0 Å². The Morgan fingerprint density at radius 3 is 2.96 bits per heavy atom. The first kappa shape index (κ1) is 19.5. The molecule has 3 unspecified atom stereocenters. The number of guanidine groups is 1. The molecule has 1 saturated heterocycles. The summed E-state index contributed by atoms with van der Waals surface area (Å²) < 4.78 is 16.9. The fraction of sp³-hybridized carbons (Fsp3) is 0.682. The third kappa shape index (κ3) is 3.72. The van der Waals surface area contributed by atoms with Crippen LogP contribution < -0.4 is 15.4 Å². The fourth-order valence-electron chi connectivity index (χ4n) is 5.08. The number of hydrogen-bond acceptors (Lipinski definition) is 4. The molecule has 4 rings (SSSR count). The normalized spacial score (nSPS) is 27.6. The minimum absolute atomic E-state index is 0.337. The standard InChI is InChI=1S/C22H33N3O3/c1-3-23-21(24-16-7-4-8-17(15-16)27-13-6-12-26-2)25-19-18-9-14-28-20(18)22(19)10-5-11-22/h4,7-8,15,18-20H,3,5-6,9-14H2,1-2H3,(H2,23,24,25). The van der Waals surface area contributed by atoms with Gasteiger partial charge in [-0.05, 0) is 38.3 Å². The molecule has 0 bridgehead atoms. The quantitative estimate of drug-likeness (QED) is 0.406. The summed E-state index contributed by atoms with van der Waals surface area (Å²) in [6, 6.07) is 8.55. The number of ether oxygens (including phenoxy) is 3. The predicted molar refractivity (Wildman–Crippen MR) is 111 cm³/mol. The maximum Gasteiger partial charge on any atom is 0.196 e. The highest BCUT2D eigenvalue weighted by atomic mass is 16.5. The second-order valence-electron chi connectivity index (χ2n) is 8.12. The Hall–Kier alpha value is -1.79. The number of benzene rings is 1. The van der Waals surface area contributed by atoms with E-state index in [9.17, 15) is 0 Å². The minimum atomic E-state index is 0.337. The van der Waals surface area contributed by atoms with Crippen LogP contribution in [0.4, 0.5) is 5.69 Å². The molecule has 6 nitrogen and oxygen atoms in total. The van der Waals surface area contributed by atoms with Crippen LogP contribution in [0, 0.1) is 11.3 Å². The van der Waals surface area contributed by atoms with Gasteiger partial charge in [-0.25, -0.2) is 0 Å². The zero-order valence-electron chi connectivity index (χ0n) is 17.1. The number of nitrogens with one attached hydrogen (secondary N) is 2. The van der Waals surface area contributed by atoms with Gasteiger partial charge in [0.2, 0.25) is 0 Å². The van der Waals surface area contributed by atoms with E-state index in [1.165, 1.54) is 19.3 Å². The number of hydrogen-bond donors (Lipinski definition) is 2.